The maximum Gasteiger partial charge on any atom is 0.289 e. The van der Waals surface area contributed by atoms with Gasteiger partial charge in [-0.25, -0.2) is 8.42 Å². The Morgan fingerprint density at radius 2 is 1.65 bits per heavy atom. The van der Waals surface area contributed by atoms with Gasteiger partial charge in [-0.05, 0) is 48.5 Å². The number of nitrogens with one attached hydrogen (secondary N) is 1. The van der Waals surface area contributed by atoms with E-state index in [2.05, 4.69) is 5.32 Å². The normalized spacial score (nSPS) is 11.0. The molecule has 160 valence electrons. The number of hydrogen-bond donors (Lipinski definition) is 1. The van der Waals surface area contributed by atoms with Gasteiger partial charge < -0.3 is 5.32 Å². The summed E-state index contributed by atoms with van der Waals surface area (Å²) in [5.41, 5.74) is 0.0923. The van der Waals surface area contributed by atoms with Gasteiger partial charge in [-0.3, -0.25) is 19.2 Å². The molecule has 11 heteroatoms. The van der Waals surface area contributed by atoms with Crippen LogP contribution in [0.2, 0.25) is 10.0 Å². The maximum absolute atomic E-state index is 13.3. The summed E-state index contributed by atoms with van der Waals surface area (Å²) in [5.74, 6) is -0.613. The van der Waals surface area contributed by atoms with Gasteiger partial charge in [-0.2, -0.15) is 0 Å². The lowest BCUT2D eigenvalue weighted by Gasteiger charge is -2.24. The molecule has 0 fully saturated rings. The zero-order chi connectivity index (χ0) is 22.6. The Balaban J connectivity index is 1.97. The van der Waals surface area contributed by atoms with Crippen LogP contribution in [-0.2, 0) is 14.8 Å². The van der Waals surface area contributed by atoms with Gasteiger partial charge in [0.2, 0.25) is 5.91 Å². The van der Waals surface area contributed by atoms with E-state index in [-0.39, 0.29) is 15.6 Å². The second-order valence-electron chi connectivity index (χ2n) is 6.27. The summed E-state index contributed by atoms with van der Waals surface area (Å²) in [6.07, 6.45) is 0. The van der Waals surface area contributed by atoms with Crippen LogP contribution in [0.3, 0.4) is 0 Å². The van der Waals surface area contributed by atoms with Gasteiger partial charge in [0.1, 0.15) is 11.6 Å². The summed E-state index contributed by atoms with van der Waals surface area (Å²) in [6, 6.07) is 17.4. The van der Waals surface area contributed by atoms with E-state index in [1.54, 1.807) is 42.5 Å². The topological polar surface area (TPSA) is 110 Å². The first-order chi connectivity index (χ1) is 14.7. The predicted molar refractivity (Wildman–Crippen MR) is 119 cm³/mol. The van der Waals surface area contributed by atoms with Gasteiger partial charge in [0, 0.05) is 16.8 Å². The molecule has 1 amide bonds. The van der Waals surface area contributed by atoms with E-state index in [1.165, 1.54) is 12.1 Å². The van der Waals surface area contributed by atoms with Crippen LogP contribution in [0.5, 0.6) is 0 Å². The molecular weight excluding hydrogens is 465 g/mol. The number of anilines is 2. The Bertz CT molecular complexity index is 1220. The first-order valence-corrected chi connectivity index (χ1v) is 11.0. The molecule has 0 atom stereocenters. The Morgan fingerprint density at radius 1 is 1.00 bits per heavy atom. The monoisotopic (exact) mass is 479 g/mol. The van der Waals surface area contributed by atoms with Crippen molar-refractivity contribution in [1.82, 2.24) is 0 Å². The fraction of sp³-hybridized carbons (Fsp3) is 0.0500. The summed E-state index contributed by atoms with van der Waals surface area (Å²) in [4.78, 5) is 22.6. The van der Waals surface area contributed by atoms with E-state index >= 15 is 0 Å². The Labute approximate surface area is 188 Å². The lowest BCUT2D eigenvalue weighted by atomic mass is 10.3. The number of sulfonamides is 1. The van der Waals surface area contributed by atoms with Gasteiger partial charge in [-0.1, -0.05) is 41.4 Å². The number of rotatable bonds is 7. The van der Waals surface area contributed by atoms with Gasteiger partial charge >= 0.3 is 0 Å². The van der Waals surface area contributed by atoms with Crippen LogP contribution in [0.4, 0.5) is 17.1 Å². The van der Waals surface area contributed by atoms with Gasteiger partial charge in [0.05, 0.1) is 15.5 Å². The highest BCUT2D eigenvalue weighted by atomic mass is 35.5. The molecular formula is C20H15Cl2N3O5S. The molecule has 0 bridgehead atoms. The summed E-state index contributed by atoms with van der Waals surface area (Å²) in [7, 11) is -4.33. The van der Waals surface area contributed by atoms with Gasteiger partial charge in [0.15, 0.2) is 0 Å². The number of nitro groups is 1. The molecule has 3 rings (SSSR count). The van der Waals surface area contributed by atoms with Gasteiger partial charge in [0.25, 0.3) is 15.7 Å². The molecule has 0 saturated carbocycles. The third-order valence-corrected chi connectivity index (χ3v) is 6.50. The highest BCUT2D eigenvalue weighted by Crippen LogP contribution is 2.30. The Hall–Kier alpha value is -3.14. The molecule has 3 aromatic carbocycles. The van der Waals surface area contributed by atoms with E-state index in [0.29, 0.717) is 10.7 Å². The van der Waals surface area contributed by atoms with E-state index in [9.17, 15) is 23.3 Å². The van der Waals surface area contributed by atoms with Gasteiger partial charge in [-0.15, -0.1) is 0 Å². The highest BCUT2D eigenvalue weighted by molar-refractivity contribution is 7.92. The van der Waals surface area contributed by atoms with Crippen molar-refractivity contribution < 1.29 is 18.1 Å². The number of benzene rings is 3. The van der Waals surface area contributed by atoms with Crippen LogP contribution < -0.4 is 9.62 Å². The van der Waals surface area contributed by atoms with E-state index in [0.717, 1.165) is 22.5 Å². The molecule has 0 saturated heterocycles. The molecule has 8 nitrogen and oxygen atoms in total. The number of halogens is 2. The second-order valence-corrected chi connectivity index (χ2v) is 8.98. The number of nitrogens with zero attached hydrogens (tertiary/aromatic N) is 2. The number of carbonyl (C=O) groups is 1. The molecule has 0 aliphatic rings. The maximum atomic E-state index is 13.3. The zero-order valence-corrected chi connectivity index (χ0v) is 18.1. The van der Waals surface area contributed by atoms with Crippen LogP contribution in [-0.4, -0.2) is 25.8 Å². The lowest BCUT2D eigenvalue weighted by molar-refractivity contribution is -0.384. The third kappa shape index (κ3) is 5.32. The first kappa shape index (κ1) is 22.5. The zero-order valence-electron chi connectivity index (χ0n) is 15.7. The molecule has 1 N–H and O–H groups in total. The standard InChI is InChI=1S/C20H15Cl2N3O5S/c21-14-6-8-15(9-7-14)23-20(26)13-24(16-4-2-1-3-5-16)31(29,30)17-10-11-18(22)19(12-17)25(27)28/h1-12H,13H2,(H,23,26). The molecule has 0 radical (unpaired) electrons. The van der Waals surface area contributed by atoms with Crippen LogP contribution in [0.15, 0.2) is 77.7 Å². The number of para-hydroxylation sites is 1. The number of hydrogen-bond acceptors (Lipinski definition) is 5. The third-order valence-electron chi connectivity index (χ3n) is 4.16. The predicted octanol–water partition coefficient (Wildman–Crippen LogP) is 4.74. The van der Waals surface area contributed by atoms with Crippen molar-refractivity contribution >= 4 is 56.2 Å². The van der Waals surface area contributed by atoms with Crippen molar-refractivity contribution in [3.63, 3.8) is 0 Å². The van der Waals surface area contributed by atoms with Crippen LogP contribution in [0.1, 0.15) is 0 Å². The van der Waals surface area contributed by atoms with E-state index in [1.807, 2.05) is 0 Å². The number of amides is 1. The molecule has 0 unspecified atom stereocenters. The molecule has 0 aliphatic heterocycles. The Kier molecular flexibility index (Phi) is 6.79. The lowest BCUT2D eigenvalue weighted by Crippen LogP contribution is -2.38. The average molecular weight is 480 g/mol. The van der Waals surface area contributed by atoms with E-state index < -0.39 is 33.1 Å². The van der Waals surface area contributed by atoms with Crippen molar-refractivity contribution in [2.24, 2.45) is 0 Å². The highest BCUT2D eigenvalue weighted by Gasteiger charge is 2.29. The van der Waals surface area contributed by atoms with Crippen molar-refractivity contribution in [2.45, 2.75) is 4.90 Å². The molecule has 0 heterocycles. The van der Waals surface area contributed by atoms with Crippen molar-refractivity contribution in [1.29, 1.82) is 0 Å². The van der Waals surface area contributed by atoms with Crippen molar-refractivity contribution in [3.05, 3.63) is 93.0 Å². The fourth-order valence-electron chi connectivity index (χ4n) is 2.69. The number of nitro benzene ring substituents is 1. The second kappa shape index (κ2) is 9.34. The minimum Gasteiger partial charge on any atom is -0.325 e. The smallest absolute Gasteiger partial charge is 0.289 e. The Morgan fingerprint density at radius 3 is 2.26 bits per heavy atom. The molecule has 3 aromatic rings. The average Bonchev–Trinajstić information content (AvgIpc) is 2.74. The molecule has 31 heavy (non-hydrogen) atoms. The summed E-state index contributed by atoms with van der Waals surface area (Å²) < 4.78 is 27.5. The van der Waals surface area contributed by atoms with Crippen LogP contribution in [0.25, 0.3) is 0 Å². The molecule has 0 aromatic heterocycles. The largest absolute Gasteiger partial charge is 0.325 e. The molecule has 0 spiro atoms. The summed E-state index contributed by atoms with van der Waals surface area (Å²) in [5, 5.41) is 14.1. The minimum atomic E-state index is -4.33. The van der Waals surface area contributed by atoms with E-state index in [4.69, 9.17) is 23.2 Å². The quantitative estimate of drug-likeness (QED) is 0.388. The van der Waals surface area contributed by atoms with Crippen molar-refractivity contribution in [3.8, 4) is 0 Å². The fourth-order valence-corrected chi connectivity index (χ4v) is 4.45. The number of carbonyl (C=O) groups excluding carboxylic acids is 1. The minimum absolute atomic E-state index is 0.198. The first-order valence-electron chi connectivity index (χ1n) is 8.75. The summed E-state index contributed by atoms with van der Waals surface area (Å²) in [6.45, 7) is -0.564. The van der Waals surface area contributed by atoms with Crippen LogP contribution >= 0.6 is 23.2 Å². The van der Waals surface area contributed by atoms with Crippen molar-refractivity contribution in [2.75, 3.05) is 16.2 Å². The van der Waals surface area contributed by atoms with Crippen LogP contribution in [0, 0.1) is 10.1 Å². The molecule has 0 aliphatic carbocycles. The SMILES string of the molecule is O=C(CN(c1ccccc1)S(=O)(=O)c1ccc(Cl)c([N+](=O)[O-])c1)Nc1ccc(Cl)cc1. The summed E-state index contributed by atoms with van der Waals surface area (Å²) >= 11 is 11.6.